The Hall–Kier alpha value is -0.990. The van der Waals surface area contributed by atoms with Gasteiger partial charge in [0, 0.05) is 35.7 Å². The molecule has 0 aliphatic carbocycles. The van der Waals surface area contributed by atoms with Gasteiger partial charge >= 0.3 is 0 Å². The van der Waals surface area contributed by atoms with Gasteiger partial charge in [0.05, 0.1) is 5.52 Å². The molecule has 78 valence electrons. The molecule has 3 heteroatoms. The van der Waals surface area contributed by atoms with E-state index >= 15 is 0 Å². The summed E-state index contributed by atoms with van der Waals surface area (Å²) < 4.78 is 2.38. The van der Waals surface area contributed by atoms with Crippen LogP contribution < -0.4 is 5.32 Å². The van der Waals surface area contributed by atoms with E-state index in [-0.39, 0.29) is 0 Å². The maximum absolute atomic E-state index is 6.16. The number of nitrogens with one attached hydrogen (secondary N) is 1. The average Bonchev–Trinajstić information content (AvgIpc) is 2.62. The Kier molecular flexibility index (Phi) is 2.01. The minimum absolute atomic E-state index is 0.863. The summed E-state index contributed by atoms with van der Waals surface area (Å²) in [6.45, 7) is 5.15. The van der Waals surface area contributed by atoms with Crippen molar-refractivity contribution in [3.05, 3.63) is 34.5 Å². The molecule has 15 heavy (non-hydrogen) atoms. The number of benzene rings is 1. The Morgan fingerprint density at radius 1 is 1.40 bits per heavy atom. The van der Waals surface area contributed by atoms with E-state index in [0.29, 0.717) is 0 Å². The van der Waals surface area contributed by atoms with Gasteiger partial charge in [0.1, 0.15) is 0 Å². The molecule has 2 aromatic rings. The van der Waals surface area contributed by atoms with Crippen LogP contribution in [-0.4, -0.2) is 11.1 Å². The molecule has 2 nitrogen and oxygen atoms in total. The summed E-state index contributed by atoms with van der Waals surface area (Å²) in [5.41, 5.74) is 3.86. The van der Waals surface area contributed by atoms with Crippen molar-refractivity contribution >= 4 is 22.5 Å². The highest BCUT2D eigenvalue weighted by Gasteiger charge is 2.14. The zero-order valence-electron chi connectivity index (χ0n) is 8.68. The van der Waals surface area contributed by atoms with Crippen LogP contribution in [0, 0.1) is 6.92 Å². The average molecular weight is 221 g/mol. The highest BCUT2D eigenvalue weighted by atomic mass is 35.5. The fourth-order valence-corrected chi connectivity index (χ4v) is 2.53. The van der Waals surface area contributed by atoms with Gasteiger partial charge in [0.15, 0.2) is 0 Å². The van der Waals surface area contributed by atoms with Crippen LogP contribution in [0.15, 0.2) is 18.2 Å². The quantitative estimate of drug-likeness (QED) is 0.723. The lowest BCUT2D eigenvalue weighted by atomic mass is 10.1. The molecule has 1 aromatic heterocycles. The molecule has 1 aliphatic rings. The van der Waals surface area contributed by atoms with Gasteiger partial charge in [0.25, 0.3) is 0 Å². The minimum atomic E-state index is 0.863. The first-order valence-corrected chi connectivity index (χ1v) is 5.63. The number of aryl methyl sites for hydroxylation is 1. The molecule has 0 fully saturated rings. The molecule has 0 unspecified atom stereocenters. The third kappa shape index (κ3) is 1.29. The summed E-state index contributed by atoms with van der Waals surface area (Å²) in [6.07, 6.45) is 0. The SMILES string of the molecule is Cc1c(Cl)ccc2cc3n(c12)CCNC3. The summed E-state index contributed by atoms with van der Waals surface area (Å²) in [5.74, 6) is 0. The molecule has 0 bridgehead atoms. The highest BCUT2D eigenvalue weighted by molar-refractivity contribution is 6.32. The molecule has 1 aliphatic heterocycles. The summed E-state index contributed by atoms with van der Waals surface area (Å²) in [6, 6.07) is 6.35. The second-order valence-electron chi connectivity index (χ2n) is 4.07. The van der Waals surface area contributed by atoms with E-state index in [1.165, 1.54) is 22.2 Å². The molecule has 0 saturated heterocycles. The Morgan fingerprint density at radius 3 is 3.13 bits per heavy atom. The number of halogens is 1. The van der Waals surface area contributed by atoms with Crippen molar-refractivity contribution in [3.8, 4) is 0 Å². The van der Waals surface area contributed by atoms with Crippen molar-refractivity contribution in [2.45, 2.75) is 20.0 Å². The second-order valence-corrected chi connectivity index (χ2v) is 4.48. The molecular formula is C12H13ClN2. The van der Waals surface area contributed by atoms with Crippen LogP contribution >= 0.6 is 11.6 Å². The molecule has 0 radical (unpaired) electrons. The van der Waals surface area contributed by atoms with Gasteiger partial charge in [-0.1, -0.05) is 17.7 Å². The summed E-state index contributed by atoms with van der Waals surface area (Å²) in [5, 5.41) is 5.55. The van der Waals surface area contributed by atoms with Crippen molar-refractivity contribution in [2.24, 2.45) is 0 Å². The first kappa shape index (κ1) is 9.25. The molecule has 0 amide bonds. The second kappa shape index (κ2) is 3.26. The lowest BCUT2D eigenvalue weighted by Crippen LogP contribution is -2.27. The van der Waals surface area contributed by atoms with Gasteiger partial charge in [-0.15, -0.1) is 0 Å². The largest absolute Gasteiger partial charge is 0.342 e. The maximum Gasteiger partial charge on any atom is 0.0528 e. The zero-order valence-corrected chi connectivity index (χ0v) is 9.43. The van der Waals surface area contributed by atoms with Gasteiger partial charge < -0.3 is 9.88 Å². The van der Waals surface area contributed by atoms with E-state index in [2.05, 4.69) is 28.9 Å². The normalized spacial score (nSPS) is 15.6. The van der Waals surface area contributed by atoms with Crippen LogP contribution in [-0.2, 0) is 13.1 Å². The summed E-state index contributed by atoms with van der Waals surface area (Å²) >= 11 is 6.16. The molecule has 0 spiro atoms. The van der Waals surface area contributed by atoms with Crippen molar-refractivity contribution < 1.29 is 0 Å². The smallest absolute Gasteiger partial charge is 0.0528 e. The molecule has 2 heterocycles. The van der Waals surface area contributed by atoms with Gasteiger partial charge in [-0.2, -0.15) is 0 Å². The standard InChI is InChI=1S/C12H13ClN2/c1-8-11(13)3-2-9-6-10-7-14-4-5-15(10)12(8)9/h2-3,6,14H,4-5,7H2,1H3. The van der Waals surface area contributed by atoms with Gasteiger partial charge in [-0.05, 0) is 24.6 Å². The number of hydrogen-bond acceptors (Lipinski definition) is 1. The van der Waals surface area contributed by atoms with E-state index < -0.39 is 0 Å². The first-order valence-electron chi connectivity index (χ1n) is 5.25. The molecule has 0 saturated carbocycles. The van der Waals surface area contributed by atoms with Crippen LogP contribution in [0.5, 0.6) is 0 Å². The van der Waals surface area contributed by atoms with Crippen LogP contribution in [0.1, 0.15) is 11.3 Å². The topological polar surface area (TPSA) is 17.0 Å². The van der Waals surface area contributed by atoms with E-state index in [0.717, 1.165) is 24.7 Å². The molecule has 1 N–H and O–H groups in total. The minimum Gasteiger partial charge on any atom is -0.342 e. The predicted molar refractivity (Wildman–Crippen MR) is 63.4 cm³/mol. The van der Waals surface area contributed by atoms with Crippen molar-refractivity contribution in [1.29, 1.82) is 0 Å². The summed E-state index contributed by atoms with van der Waals surface area (Å²) in [7, 11) is 0. The van der Waals surface area contributed by atoms with Crippen molar-refractivity contribution in [2.75, 3.05) is 6.54 Å². The van der Waals surface area contributed by atoms with Crippen LogP contribution in [0.2, 0.25) is 5.02 Å². The monoisotopic (exact) mass is 220 g/mol. The van der Waals surface area contributed by atoms with E-state index in [9.17, 15) is 0 Å². The highest BCUT2D eigenvalue weighted by Crippen LogP contribution is 2.29. The maximum atomic E-state index is 6.16. The number of rotatable bonds is 0. The van der Waals surface area contributed by atoms with E-state index in [4.69, 9.17) is 11.6 Å². The number of fused-ring (bicyclic) bond motifs is 3. The van der Waals surface area contributed by atoms with Crippen LogP contribution in [0.4, 0.5) is 0 Å². The van der Waals surface area contributed by atoms with Gasteiger partial charge in [-0.25, -0.2) is 0 Å². The molecule has 3 rings (SSSR count). The van der Waals surface area contributed by atoms with Crippen molar-refractivity contribution in [3.63, 3.8) is 0 Å². The zero-order chi connectivity index (χ0) is 10.4. The lowest BCUT2D eigenvalue weighted by Gasteiger charge is -2.18. The number of nitrogens with zero attached hydrogens (tertiary/aromatic N) is 1. The fraction of sp³-hybridized carbons (Fsp3) is 0.333. The van der Waals surface area contributed by atoms with E-state index in [1.54, 1.807) is 0 Å². The third-order valence-electron chi connectivity index (χ3n) is 3.15. The fourth-order valence-electron chi connectivity index (χ4n) is 2.38. The first-order chi connectivity index (χ1) is 7.27. The molecule has 0 atom stereocenters. The predicted octanol–water partition coefficient (Wildman–Crippen LogP) is 2.71. The number of hydrogen-bond donors (Lipinski definition) is 1. The van der Waals surface area contributed by atoms with Crippen LogP contribution in [0.25, 0.3) is 10.9 Å². The van der Waals surface area contributed by atoms with Crippen LogP contribution in [0.3, 0.4) is 0 Å². The Bertz CT molecular complexity index is 528. The lowest BCUT2D eigenvalue weighted by molar-refractivity contribution is 0.526. The van der Waals surface area contributed by atoms with Gasteiger partial charge in [-0.3, -0.25) is 0 Å². The third-order valence-corrected chi connectivity index (χ3v) is 3.56. The van der Waals surface area contributed by atoms with Gasteiger partial charge in [0.2, 0.25) is 0 Å². The van der Waals surface area contributed by atoms with E-state index in [1.807, 2.05) is 6.07 Å². The Balaban J connectivity index is 2.39. The van der Waals surface area contributed by atoms with Crippen molar-refractivity contribution in [1.82, 2.24) is 9.88 Å². The number of aromatic nitrogens is 1. The molecule has 1 aromatic carbocycles. The summed E-state index contributed by atoms with van der Waals surface area (Å²) in [4.78, 5) is 0. The Morgan fingerprint density at radius 2 is 2.27 bits per heavy atom. The molecular weight excluding hydrogens is 208 g/mol. The Labute approximate surface area is 93.8 Å².